The van der Waals surface area contributed by atoms with Crippen molar-refractivity contribution in [1.82, 2.24) is 5.32 Å². The smallest absolute Gasteiger partial charge is 0.251 e. The molecule has 0 bridgehead atoms. The van der Waals surface area contributed by atoms with E-state index in [2.05, 4.69) is 5.32 Å². The van der Waals surface area contributed by atoms with Crippen LogP contribution in [0.5, 0.6) is 11.5 Å². The van der Waals surface area contributed by atoms with E-state index in [0.717, 1.165) is 6.42 Å². The number of benzene rings is 1. The van der Waals surface area contributed by atoms with E-state index in [1.165, 1.54) is 0 Å². The molecule has 2 unspecified atom stereocenters. The van der Waals surface area contributed by atoms with E-state index in [1.54, 1.807) is 18.2 Å². The van der Waals surface area contributed by atoms with Crippen LogP contribution in [0.3, 0.4) is 0 Å². The summed E-state index contributed by atoms with van der Waals surface area (Å²) in [5.74, 6) is 1.11. The number of hydrogen-bond acceptors (Lipinski definition) is 4. The molecule has 0 aliphatic carbocycles. The standard InChI is InChI=1S/C16H26N2O3/c1-5-20-14-8-7-13(10-15(14)21-6-2)16(19)18-12(4)9-11(3)17/h7-8,10-12H,5-6,9,17H2,1-4H3,(H,18,19). The van der Waals surface area contributed by atoms with Crippen LogP contribution in [-0.2, 0) is 0 Å². The number of nitrogens with two attached hydrogens (primary N) is 1. The van der Waals surface area contributed by atoms with Crippen LogP contribution in [0.2, 0.25) is 0 Å². The van der Waals surface area contributed by atoms with Crippen molar-refractivity contribution in [3.05, 3.63) is 23.8 Å². The second-order valence-electron chi connectivity index (χ2n) is 5.12. The third-order valence-electron chi connectivity index (χ3n) is 2.91. The summed E-state index contributed by atoms with van der Waals surface area (Å²) in [5, 5.41) is 2.93. The molecule has 21 heavy (non-hydrogen) atoms. The van der Waals surface area contributed by atoms with Crippen molar-refractivity contribution in [1.29, 1.82) is 0 Å². The van der Waals surface area contributed by atoms with Gasteiger partial charge in [-0.15, -0.1) is 0 Å². The lowest BCUT2D eigenvalue weighted by Crippen LogP contribution is -2.36. The summed E-state index contributed by atoms with van der Waals surface area (Å²) in [6.45, 7) is 8.74. The molecule has 5 nitrogen and oxygen atoms in total. The maximum atomic E-state index is 12.2. The van der Waals surface area contributed by atoms with Gasteiger partial charge in [-0.05, 0) is 52.3 Å². The normalized spacial score (nSPS) is 13.4. The second kappa shape index (κ2) is 8.52. The van der Waals surface area contributed by atoms with E-state index in [-0.39, 0.29) is 18.0 Å². The van der Waals surface area contributed by atoms with Crippen LogP contribution < -0.4 is 20.5 Å². The Morgan fingerprint density at radius 2 is 1.81 bits per heavy atom. The minimum atomic E-state index is -0.132. The van der Waals surface area contributed by atoms with Gasteiger partial charge in [-0.3, -0.25) is 4.79 Å². The van der Waals surface area contributed by atoms with Crippen molar-refractivity contribution in [3.63, 3.8) is 0 Å². The van der Waals surface area contributed by atoms with Crippen LogP contribution in [0.25, 0.3) is 0 Å². The summed E-state index contributed by atoms with van der Waals surface area (Å²) in [6.07, 6.45) is 0.737. The average molecular weight is 294 g/mol. The van der Waals surface area contributed by atoms with Gasteiger partial charge < -0.3 is 20.5 Å². The van der Waals surface area contributed by atoms with Crippen molar-refractivity contribution < 1.29 is 14.3 Å². The number of ether oxygens (including phenoxy) is 2. The molecule has 0 spiro atoms. The lowest BCUT2D eigenvalue weighted by Gasteiger charge is -2.17. The molecule has 0 aliphatic rings. The van der Waals surface area contributed by atoms with E-state index < -0.39 is 0 Å². The molecule has 1 amide bonds. The van der Waals surface area contributed by atoms with Crippen LogP contribution in [0, 0.1) is 0 Å². The van der Waals surface area contributed by atoms with Gasteiger partial charge in [0.15, 0.2) is 11.5 Å². The Morgan fingerprint density at radius 3 is 2.38 bits per heavy atom. The summed E-state index contributed by atoms with van der Waals surface area (Å²) in [6, 6.07) is 5.29. The molecule has 118 valence electrons. The van der Waals surface area contributed by atoms with Crippen LogP contribution >= 0.6 is 0 Å². The van der Waals surface area contributed by atoms with E-state index in [4.69, 9.17) is 15.2 Å². The molecule has 5 heteroatoms. The minimum Gasteiger partial charge on any atom is -0.490 e. The third-order valence-corrected chi connectivity index (χ3v) is 2.91. The summed E-state index contributed by atoms with van der Waals surface area (Å²) in [4.78, 5) is 12.2. The number of amides is 1. The van der Waals surface area contributed by atoms with Gasteiger partial charge in [0.05, 0.1) is 13.2 Å². The highest BCUT2D eigenvalue weighted by Crippen LogP contribution is 2.28. The molecule has 0 heterocycles. The Labute approximate surface area is 126 Å². The molecule has 2 atom stereocenters. The summed E-state index contributed by atoms with van der Waals surface area (Å²) >= 11 is 0. The van der Waals surface area contributed by atoms with Crippen LogP contribution in [0.4, 0.5) is 0 Å². The number of hydrogen-bond donors (Lipinski definition) is 2. The first kappa shape index (κ1) is 17.3. The molecule has 0 radical (unpaired) electrons. The number of carbonyl (C=O) groups excluding carboxylic acids is 1. The first-order chi connectivity index (χ1) is 9.97. The van der Waals surface area contributed by atoms with Gasteiger partial charge in [0.1, 0.15) is 0 Å². The highest BCUT2D eigenvalue weighted by Gasteiger charge is 2.14. The van der Waals surface area contributed by atoms with Gasteiger partial charge in [-0.2, -0.15) is 0 Å². The topological polar surface area (TPSA) is 73.6 Å². The van der Waals surface area contributed by atoms with Gasteiger partial charge in [-0.1, -0.05) is 0 Å². The van der Waals surface area contributed by atoms with Gasteiger partial charge in [0.25, 0.3) is 5.91 Å². The quantitative estimate of drug-likeness (QED) is 0.772. The van der Waals surface area contributed by atoms with Gasteiger partial charge in [0.2, 0.25) is 0 Å². The Hall–Kier alpha value is -1.75. The van der Waals surface area contributed by atoms with Crippen molar-refractivity contribution in [2.45, 2.75) is 46.2 Å². The zero-order valence-corrected chi connectivity index (χ0v) is 13.3. The lowest BCUT2D eigenvalue weighted by molar-refractivity contribution is 0.0937. The van der Waals surface area contributed by atoms with Crippen LogP contribution in [0.1, 0.15) is 44.5 Å². The number of nitrogens with one attached hydrogen (secondary N) is 1. The molecule has 0 saturated carbocycles. The zero-order chi connectivity index (χ0) is 15.8. The predicted octanol–water partition coefficient (Wildman–Crippen LogP) is 2.34. The van der Waals surface area contributed by atoms with E-state index in [1.807, 2.05) is 27.7 Å². The van der Waals surface area contributed by atoms with E-state index in [9.17, 15) is 4.79 Å². The highest BCUT2D eigenvalue weighted by molar-refractivity contribution is 5.95. The number of carbonyl (C=O) groups is 1. The Balaban J connectivity index is 2.82. The molecule has 0 aliphatic heterocycles. The first-order valence-electron chi connectivity index (χ1n) is 7.44. The fourth-order valence-corrected chi connectivity index (χ4v) is 2.12. The Bertz CT molecular complexity index is 461. The fraction of sp³-hybridized carbons (Fsp3) is 0.562. The zero-order valence-electron chi connectivity index (χ0n) is 13.3. The Kier molecular flexibility index (Phi) is 7.02. The predicted molar refractivity (Wildman–Crippen MR) is 84.0 cm³/mol. The van der Waals surface area contributed by atoms with Gasteiger partial charge >= 0.3 is 0 Å². The maximum Gasteiger partial charge on any atom is 0.251 e. The van der Waals surface area contributed by atoms with Crippen LogP contribution in [-0.4, -0.2) is 31.2 Å². The molecule has 0 fully saturated rings. The van der Waals surface area contributed by atoms with E-state index >= 15 is 0 Å². The molecular weight excluding hydrogens is 268 g/mol. The monoisotopic (exact) mass is 294 g/mol. The Morgan fingerprint density at radius 1 is 1.19 bits per heavy atom. The molecule has 1 aromatic rings. The lowest BCUT2D eigenvalue weighted by atomic mass is 10.1. The second-order valence-corrected chi connectivity index (χ2v) is 5.12. The highest BCUT2D eigenvalue weighted by atomic mass is 16.5. The molecule has 3 N–H and O–H groups in total. The SMILES string of the molecule is CCOc1ccc(C(=O)NC(C)CC(C)N)cc1OCC. The third kappa shape index (κ3) is 5.63. The molecule has 1 rings (SSSR count). The number of rotatable bonds is 8. The van der Waals surface area contributed by atoms with Crippen molar-refractivity contribution in [2.75, 3.05) is 13.2 Å². The first-order valence-corrected chi connectivity index (χ1v) is 7.44. The summed E-state index contributed by atoms with van der Waals surface area (Å²) in [7, 11) is 0. The van der Waals surface area contributed by atoms with Crippen LogP contribution in [0.15, 0.2) is 18.2 Å². The molecule has 0 aromatic heterocycles. The van der Waals surface area contributed by atoms with Crippen molar-refractivity contribution >= 4 is 5.91 Å². The van der Waals surface area contributed by atoms with Gasteiger partial charge in [0, 0.05) is 17.6 Å². The van der Waals surface area contributed by atoms with Gasteiger partial charge in [-0.25, -0.2) is 0 Å². The molecule has 0 saturated heterocycles. The van der Waals surface area contributed by atoms with Crippen molar-refractivity contribution in [3.8, 4) is 11.5 Å². The molecular formula is C16H26N2O3. The molecule has 1 aromatic carbocycles. The maximum absolute atomic E-state index is 12.2. The average Bonchev–Trinajstić information content (AvgIpc) is 2.40. The van der Waals surface area contributed by atoms with E-state index in [0.29, 0.717) is 30.3 Å². The largest absolute Gasteiger partial charge is 0.490 e. The fourth-order valence-electron chi connectivity index (χ4n) is 2.12. The summed E-state index contributed by atoms with van der Waals surface area (Å²) in [5.41, 5.74) is 6.29. The van der Waals surface area contributed by atoms with Crippen molar-refractivity contribution in [2.24, 2.45) is 5.73 Å². The summed E-state index contributed by atoms with van der Waals surface area (Å²) < 4.78 is 11.0. The minimum absolute atomic E-state index is 0.0274.